The standard InChI is InChI=1S/C27H35NO17S/c1-11(29)36-8-18-21(22(39-14(4)32)24(41-16(6)34)26(43-18)28-10-46)45-27-25(42-17(7)35)23(40-15(5)33)20(38-13(3)31)19(44-27)9-37-12(2)30/h18-27H,8-9H2,1-7H3/t18-,19-,20-,21-,22+,23+,24-,25-,26?,27-/m1/s1. The molecule has 2 saturated heterocycles. The van der Waals surface area contributed by atoms with Crippen LogP contribution in [0.2, 0.25) is 0 Å². The number of hydrogen-bond acceptors (Lipinski definition) is 19. The fraction of sp³-hybridized carbons (Fsp3) is 0.704. The van der Waals surface area contributed by atoms with Gasteiger partial charge in [0.2, 0.25) is 0 Å². The van der Waals surface area contributed by atoms with Gasteiger partial charge in [0.15, 0.2) is 43.0 Å². The second kappa shape index (κ2) is 17.6. The molecule has 0 bridgehead atoms. The lowest BCUT2D eigenvalue weighted by molar-refractivity contribution is -0.344. The highest BCUT2D eigenvalue weighted by Crippen LogP contribution is 2.35. The van der Waals surface area contributed by atoms with Gasteiger partial charge in [-0.05, 0) is 12.2 Å². The van der Waals surface area contributed by atoms with Gasteiger partial charge in [0.1, 0.15) is 31.5 Å². The lowest BCUT2D eigenvalue weighted by Crippen LogP contribution is -2.67. The Kier molecular flexibility index (Phi) is 14.6. The summed E-state index contributed by atoms with van der Waals surface area (Å²) in [6.07, 6.45) is -15.4. The number of carbonyl (C=O) groups excluding carboxylic acids is 7. The number of isothiocyanates is 1. The normalized spacial score (nSPS) is 30.3. The van der Waals surface area contributed by atoms with Gasteiger partial charge in [0.05, 0.1) is 5.16 Å². The molecule has 0 aromatic carbocycles. The Morgan fingerprint density at radius 2 is 0.935 bits per heavy atom. The molecule has 2 heterocycles. The van der Waals surface area contributed by atoms with Crippen LogP contribution in [0, 0.1) is 0 Å². The van der Waals surface area contributed by atoms with E-state index in [-0.39, 0.29) is 0 Å². The second-order valence-corrected chi connectivity index (χ2v) is 10.1. The Morgan fingerprint density at radius 1 is 0.543 bits per heavy atom. The van der Waals surface area contributed by atoms with E-state index in [1.54, 1.807) is 0 Å². The molecule has 2 fully saturated rings. The molecule has 2 rings (SSSR count). The predicted octanol–water partition coefficient (Wildman–Crippen LogP) is -0.291. The van der Waals surface area contributed by atoms with E-state index in [0.29, 0.717) is 0 Å². The maximum absolute atomic E-state index is 12.3. The molecule has 2 aliphatic heterocycles. The molecule has 0 N–H and O–H groups in total. The minimum atomic E-state index is -1.78. The van der Waals surface area contributed by atoms with Crippen LogP contribution in [0.4, 0.5) is 0 Å². The average molecular weight is 678 g/mol. The number of rotatable bonds is 12. The van der Waals surface area contributed by atoms with Gasteiger partial charge < -0.3 is 47.4 Å². The van der Waals surface area contributed by atoms with Crippen LogP contribution in [0.3, 0.4) is 0 Å². The number of thiocarbonyl (C=S) groups is 1. The molecule has 10 atom stereocenters. The number of ether oxygens (including phenoxy) is 10. The first kappa shape index (κ1) is 38.2. The fourth-order valence-electron chi connectivity index (χ4n) is 4.65. The lowest BCUT2D eigenvalue weighted by atomic mass is 9.95. The van der Waals surface area contributed by atoms with Crippen LogP contribution < -0.4 is 0 Å². The molecule has 0 aromatic heterocycles. The first-order valence-electron chi connectivity index (χ1n) is 13.7. The molecule has 256 valence electrons. The monoisotopic (exact) mass is 677 g/mol. The predicted molar refractivity (Wildman–Crippen MR) is 148 cm³/mol. The van der Waals surface area contributed by atoms with E-state index >= 15 is 0 Å². The highest BCUT2D eigenvalue weighted by Gasteiger charge is 2.57. The van der Waals surface area contributed by atoms with Crippen LogP contribution in [0.15, 0.2) is 4.99 Å². The summed E-state index contributed by atoms with van der Waals surface area (Å²) in [5.74, 6) is -5.88. The second-order valence-electron chi connectivity index (χ2n) is 9.90. The zero-order chi connectivity index (χ0) is 34.7. The molecule has 19 heteroatoms. The molecule has 0 aromatic rings. The average Bonchev–Trinajstić information content (AvgIpc) is 2.91. The molecule has 1 unspecified atom stereocenters. The van der Waals surface area contributed by atoms with Crippen molar-refractivity contribution in [1.29, 1.82) is 0 Å². The Bertz CT molecular complexity index is 1220. The number of hydrogen-bond donors (Lipinski definition) is 0. The van der Waals surface area contributed by atoms with Crippen molar-refractivity contribution in [2.45, 2.75) is 110 Å². The summed E-state index contributed by atoms with van der Waals surface area (Å²) in [5.41, 5.74) is 0. The van der Waals surface area contributed by atoms with E-state index in [4.69, 9.17) is 47.4 Å². The van der Waals surface area contributed by atoms with Gasteiger partial charge in [-0.15, -0.1) is 0 Å². The first-order chi connectivity index (χ1) is 21.5. The molecule has 0 radical (unpaired) electrons. The summed E-state index contributed by atoms with van der Waals surface area (Å²) in [6.45, 7) is 6.30. The Balaban J connectivity index is 2.73. The van der Waals surface area contributed by atoms with Gasteiger partial charge in [-0.3, -0.25) is 33.6 Å². The van der Waals surface area contributed by atoms with Crippen molar-refractivity contribution in [3.63, 3.8) is 0 Å². The van der Waals surface area contributed by atoms with Crippen molar-refractivity contribution in [3.8, 4) is 0 Å². The largest absolute Gasteiger partial charge is 0.463 e. The molecule has 0 aliphatic carbocycles. The van der Waals surface area contributed by atoms with E-state index in [0.717, 1.165) is 48.5 Å². The third-order valence-corrected chi connectivity index (χ3v) is 6.19. The maximum atomic E-state index is 12.3. The third kappa shape index (κ3) is 11.4. The van der Waals surface area contributed by atoms with Crippen LogP contribution in [0.1, 0.15) is 48.5 Å². The molecule has 18 nitrogen and oxygen atoms in total. The quantitative estimate of drug-likeness (QED) is 0.112. The first-order valence-corrected chi connectivity index (χ1v) is 14.1. The van der Waals surface area contributed by atoms with Crippen LogP contribution in [-0.4, -0.2) is 122 Å². The molecular formula is C27H35NO17S. The van der Waals surface area contributed by atoms with Crippen molar-refractivity contribution in [2.24, 2.45) is 4.99 Å². The summed E-state index contributed by atoms with van der Waals surface area (Å²) in [6, 6.07) is 0. The van der Waals surface area contributed by atoms with Gasteiger partial charge in [-0.2, -0.15) is 4.99 Å². The fourth-order valence-corrected chi connectivity index (χ4v) is 4.75. The summed E-state index contributed by atoms with van der Waals surface area (Å²) >= 11 is 4.69. The van der Waals surface area contributed by atoms with Crippen molar-refractivity contribution < 1.29 is 80.9 Å². The van der Waals surface area contributed by atoms with E-state index in [2.05, 4.69) is 22.4 Å². The number of aliphatic imine (C=N–C) groups is 1. The summed E-state index contributed by atoms with van der Waals surface area (Å²) in [5, 5.41) is 2.09. The molecular weight excluding hydrogens is 642 g/mol. The van der Waals surface area contributed by atoms with Gasteiger partial charge in [-0.1, -0.05) is 0 Å². The zero-order valence-electron chi connectivity index (χ0n) is 26.0. The minimum absolute atomic E-state index is 0.542. The van der Waals surface area contributed by atoms with Crippen LogP contribution in [0.25, 0.3) is 0 Å². The van der Waals surface area contributed by atoms with Crippen molar-refractivity contribution in [1.82, 2.24) is 0 Å². The van der Waals surface area contributed by atoms with Crippen LogP contribution in [-0.2, 0) is 80.9 Å². The van der Waals surface area contributed by atoms with Gasteiger partial charge in [-0.25, -0.2) is 0 Å². The van der Waals surface area contributed by atoms with E-state index in [1.165, 1.54) is 0 Å². The third-order valence-electron chi connectivity index (χ3n) is 6.08. The van der Waals surface area contributed by atoms with Crippen molar-refractivity contribution in [3.05, 3.63) is 0 Å². The van der Waals surface area contributed by atoms with Crippen molar-refractivity contribution >= 4 is 59.2 Å². The number of nitrogens with zero attached hydrogens (tertiary/aromatic N) is 1. The van der Waals surface area contributed by atoms with E-state index in [1.807, 2.05) is 0 Å². The molecule has 0 saturated carbocycles. The molecule has 2 aliphatic rings. The number of esters is 7. The van der Waals surface area contributed by atoms with Gasteiger partial charge >= 0.3 is 41.8 Å². The summed E-state index contributed by atoms with van der Waals surface area (Å²) < 4.78 is 55.3. The van der Waals surface area contributed by atoms with Crippen molar-refractivity contribution in [2.75, 3.05) is 13.2 Å². The smallest absolute Gasteiger partial charge is 0.303 e. The molecule has 46 heavy (non-hydrogen) atoms. The molecule has 0 spiro atoms. The SMILES string of the molecule is CC(=O)OC[C@H]1O[C@H](O[C@H]2[C@H](OC(C)=O)[C@@H](OC(C)=O)C(N=C=S)O[C@@H]2COC(C)=O)[C@H](OC(C)=O)[C@@H](OC(C)=O)[C@@H]1OC(C)=O. The summed E-state index contributed by atoms with van der Waals surface area (Å²) in [4.78, 5) is 88.1. The van der Waals surface area contributed by atoms with Gasteiger partial charge in [0.25, 0.3) is 0 Å². The van der Waals surface area contributed by atoms with Gasteiger partial charge in [0, 0.05) is 48.5 Å². The van der Waals surface area contributed by atoms with E-state index < -0.39 is 116 Å². The zero-order valence-corrected chi connectivity index (χ0v) is 26.8. The topological polar surface area (TPSA) is 224 Å². The Morgan fingerprint density at radius 3 is 1.37 bits per heavy atom. The molecule has 0 amide bonds. The Hall–Kier alpha value is -4.03. The highest BCUT2D eigenvalue weighted by molar-refractivity contribution is 7.78. The highest BCUT2D eigenvalue weighted by atomic mass is 32.1. The summed E-state index contributed by atoms with van der Waals surface area (Å²) in [7, 11) is 0. The minimum Gasteiger partial charge on any atom is -0.463 e. The maximum Gasteiger partial charge on any atom is 0.303 e. The lowest BCUT2D eigenvalue weighted by Gasteiger charge is -2.48. The van der Waals surface area contributed by atoms with Crippen LogP contribution >= 0.6 is 12.2 Å². The van der Waals surface area contributed by atoms with E-state index in [9.17, 15) is 33.6 Å². The Labute approximate surface area is 268 Å². The number of carbonyl (C=O) groups is 7. The van der Waals surface area contributed by atoms with Crippen LogP contribution in [0.5, 0.6) is 0 Å².